The number of hydrogen-bond acceptors (Lipinski definition) is 3. The monoisotopic (exact) mass is 275 g/mol. The molecule has 98 valence electrons. The second-order valence-electron chi connectivity index (χ2n) is 4.60. The number of furan rings is 1. The summed E-state index contributed by atoms with van der Waals surface area (Å²) < 4.78 is 7.61. The van der Waals surface area contributed by atoms with Crippen molar-refractivity contribution in [2.45, 2.75) is 19.9 Å². The lowest BCUT2D eigenvalue weighted by molar-refractivity contribution is 0.435. The van der Waals surface area contributed by atoms with Gasteiger partial charge in [0.05, 0.1) is 17.1 Å². The van der Waals surface area contributed by atoms with E-state index in [1.165, 1.54) is 0 Å². The molecule has 0 fully saturated rings. The number of nitrogen functional groups attached to an aromatic ring is 1. The van der Waals surface area contributed by atoms with Gasteiger partial charge in [-0.2, -0.15) is 0 Å². The summed E-state index contributed by atoms with van der Waals surface area (Å²) in [4.78, 5) is 4.34. The number of hydrogen-bond donors (Lipinski definition) is 1. The molecule has 2 aromatic heterocycles. The van der Waals surface area contributed by atoms with Crippen LogP contribution in [0.15, 0.2) is 34.7 Å². The summed E-state index contributed by atoms with van der Waals surface area (Å²) >= 11 is 5.97. The van der Waals surface area contributed by atoms with Gasteiger partial charge in [0.2, 0.25) is 5.95 Å². The minimum absolute atomic E-state index is 0.0140. The Bertz CT molecular complexity index is 744. The maximum Gasteiger partial charge on any atom is 0.201 e. The Kier molecular flexibility index (Phi) is 2.75. The van der Waals surface area contributed by atoms with E-state index in [0.29, 0.717) is 11.0 Å². The molecule has 2 N–H and O–H groups in total. The van der Waals surface area contributed by atoms with Crippen LogP contribution in [0.2, 0.25) is 5.02 Å². The van der Waals surface area contributed by atoms with Gasteiger partial charge in [-0.15, -0.1) is 0 Å². The van der Waals surface area contributed by atoms with Crippen molar-refractivity contribution in [2.24, 2.45) is 0 Å². The molecule has 3 rings (SSSR count). The lowest BCUT2D eigenvalue weighted by atomic mass is 10.2. The summed E-state index contributed by atoms with van der Waals surface area (Å²) in [5, 5.41) is 0.652. The van der Waals surface area contributed by atoms with Crippen molar-refractivity contribution in [2.75, 3.05) is 5.73 Å². The molecule has 2 heterocycles. The Morgan fingerprint density at radius 2 is 2.11 bits per heavy atom. The standard InChI is InChI=1S/C14H14ClN3O/c1-8-3-6-13(19-8)9(2)18-12-5-4-10(15)7-11(12)17-14(18)16/h3-7,9H,1-2H3,(H2,16,17). The van der Waals surface area contributed by atoms with Crippen molar-refractivity contribution >= 4 is 28.6 Å². The van der Waals surface area contributed by atoms with Crippen LogP contribution in [-0.4, -0.2) is 9.55 Å². The Balaban J connectivity index is 2.16. The molecule has 3 aromatic rings. The topological polar surface area (TPSA) is 57.0 Å². The van der Waals surface area contributed by atoms with Crippen molar-refractivity contribution in [1.29, 1.82) is 0 Å². The Morgan fingerprint density at radius 1 is 1.32 bits per heavy atom. The number of anilines is 1. The molecule has 0 saturated heterocycles. The summed E-state index contributed by atoms with van der Waals surface area (Å²) in [6, 6.07) is 9.46. The third kappa shape index (κ3) is 1.98. The third-order valence-corrected chi connectivity index (χ3v) is 3.47. The molecule has 0 bridgehead atoms. The van der Waals surface area contributed by atoms with Crippen molar-refractivity contribution < 1.29 is 4.42 Å². The van der Waals surface area contributed by atoms with Gasteiger partial charge in [0.15, 0.2) is 0 Å². The zero-order chi connectivity index (χ0) is 13.6. The number of halogens is 1. The quantitative estimate of drug-likeness (QED) is 0.774. The molecule has 0 aliphatic heterocycles. The smallest absolute Gasteiger partial charge is 0.201 e. The SMILES string of the molecule is Cc1ccc(C(C)n2c(N)nc3cc(Cl)ccc32)o1. The van der Waals surface area contributed by atoms with E-state index < -0.39 is 0 Å². The highest BCUT2D eigenvalue weighted by atomic mass is 35.5. The van der Waals surface area contributed by atoms with Crippen LogP contribution in [0.4, 0.5) is 5.95 Å². The Labute approximate surface area is 115 Å². The van der Waals surface area contributed by atoms with Gasteiger partial charge in [-0.3, -0.25) is 0 Å². The molecule has 4 nitrogen and oxygen atoms in total. The van der Waals surface area contributed by atoms with E-state index in [4.69, 9.17) is 21.8 Å². The molecule has 0 amide bonds. The number of fused-ring (bicyclic) bond motifs is 1. The summed E-state index contributed by atoms with van der Waals surface area (Å²) in [6.07, 6.45) is 0. The Hall–Kier alpha value is -1.94. The van der Waals surface area contributed by atoms with Gasteiger partial charge >= 0.3 is 0 Å². The largest absolute Gasteiger partial charge is 0.464 e. The van der Waals surface area contributed by atoms with E-state index in [2.05, 4.69) is 4.98 Å². The summed E-state index contributed by atoms with van der Waals surface area (Å²) in [5.74, 6) is 2.20. The number of aryl methyl sites for hydroxylation is 1. The van der Waals surface area contributed by atoms with E-state index in [1.807, 2.05) is 48.7 Å². The van der Waals surface area contributed by atoms with Crippen LogP contribution in [0.1, 0.15) is 24.5 Å². The number of benzene rings is 1. The third-order valence-electron chi connectivity index (χ3n) is 3.24. The zero-order valence-electron chi connectivity index (χ0n) is 10.7. The van der Waals surface area contributed by atoms with Crippen LogP contribution >= 0.6 is 11.6 Å². The molecule has 0 spiro atoms. The van der Waals surface area contributed by atoms with Crippen LogP contribution in [0.3, 0.4) is 0 Å². The molecule has 0 aliphatic carbocycles. The van der Waals surface area contributed by atoms with Crippen molar-refractivity contribution in [3.63, 3.8) is 0 Å². The number of rotatable bonds is 2. The van der Waals surface area contributed by atoms with E-state index in [9.17, 15) is 0 Å². The predicted molar refractivity (Wildman–Crippen MR) is 76.4 cm³/mol. The zero-order valence-corrected chi connectivity index (χ0v) is 11.5. The van der Waals surface area contributed by atoms with Crippen molar-refractivity contribution in [3.05, 3.63) is 46.9 Å². The second kappa shape index (κ2) is 4.31. The number of nitrogens with two attached hydrogens (primary N) is 1. The molecular formula is C14H14ClN3O. The van der Waals surface area contributed by atoms with Crippen LogP contribution < -0.4 is 5.73 Å². The van der Waals surface area contributed by atoms with Crippen LogP contribution in [0, 0.1) is 6.92 Å². The molecule has 19 heavy (non-hydrogen) atoms. The van der Waals surface area contributed by atoms with Gasteiger partial charge in [-0.25, -0.2) is 4.98 Å². The second-order valence-corrected chi connectivity index (χ2v) is 5.03. The van der Waals surface area contributed by atoms with Gasteiger partial charge in [-0.05, 0) is 44.2 Å². The van der Waals surface area contributed by atoms with E-state index >= 15 is 0 Å². The van der Waals surface area contributed by atoms with Gasteiger partial charge in [-0.1, -0.05) is 11.6 Å². The first-order valence-corrected chi connectivity index (χ1v) is 6.43. The van der Waals surface area contributed by atoms with E-state index in [0.717, 1.165) is 22.6 Å². The van der Waals surface area contributed by atoms with Crippen LogP contribution in [-0.2, 0) is 0 Å². The average Bonchev–Trinajstić information content (AvgIpc) is 2.91. The molecule has 1 unspecified atom stereocenters. The Morgan fingerprint density at radius 3 is 2.79 bits per heavy atom. The van der Waals surface area contributed by atoms with Gasteiger partial charge in [0, 0.05) is 5.02 Å². The number of aromatic nitrogens is 2. The molecule has 0 aliphatic rings. The highest BCUT2D eigenvalue weighted by Gasteiger charge is 2.18. The van der Waals surface area contributed by atoms with Crippen molar-refractivity contribution in [1.82, 2.24) is 9.55 Å². The molecule has 5 heteroatoms. The molecule has 0 saturated carbocycles. The minimum atomic E-state index is -0.0140. The highest BCUT2D eigenvalue weighted by molar-refractivity contribution is 6.31. The van der Waals surface area contributed by atoms with Gasteiger partial charge in [0.1, 0.15) is 11.5 Å². The maximum absolute atomic E-state index is 6.02. The lowest BCUT2D eigenvalue weighted by Gasteiger charge is -2.13. The molecule has 1 atom stereocenters. The van der Waals surface area contributed by atoms with Gasteiger partial charge < -0.3 is 14.7 Å². The predicted octanol–water partition coefficient (Wildman–Crippen LogP) is 3.78. The number of imidazole rings is 1. The van der Waals surface area contributed by atoms with Gasteiger partial charge in [0.25, 0.3) is 0 Å². The first kappa shape index (κ1) is 12.1. The first-order chi connectivity index (χ1) is 9.06. The fourth-order valence-corrected chi connectivity index (χ4v) is 2.47. The normalized spacial score (nSPS) is 13.0. The fraction of sp³-hybridized carbons (Fsp3) is 0.214. The molecular weight excluding hydrogens is 262 g/mol. The fourth-order valence-electron chi connectivity index (χ4n) is 2.30. The first-order valence-electron chi connectivity index (χ1n) is 6.05. The molecule has 0 radical (unpaired) electrons. The molecule has 1 aromatic carbocycles. The number of nitrogens with zero attached hydrogens (tertiary/aromatic N) is 2. The average molecular weight is 276 g/mol. The van der Waals surface area contributed by atoms with E-state index in [-0.39, 0.29) is 6.04 Å². The summed E-state index contributed by atoms with van der Waals surface area (Å²) in [6.45, 7) is 3.95. The van der Waals surface area contributed by atoms with E-state index in [1.54, 1.807) is 0 Å². The highest BCUT2D eigenvalue weighted by Crippen LogP contribution is 2.29. The van der Waals surface area contributed by atoms with Crippen molar-refractivity contribution in [3.8, 4) is 0 Å². The maximum atomic E-state index is 6.02. The summed E-state index contributed by atoms with van der Waals surface area (Å²) in [5.41, 5.74) is 7.75. The van der Waals surface area contributed by atoms with Crippen LogP contribution in [0.25, 0.3) is 11.0 Å². The van der Waals surface area contributed by atoms with Crippen LogP contribution in [0.5, 0.6) is 0 Å². The lowest BCUT2D eigenvalue weighted by Crippen LogP contribution is -2.09. The minimum Gasteiger partial charge on any atom is -0.464 e. The summed E-state index contributed by atoms with van der Waals surface area (Å²) in [7, 11) is 0.